The first-order valence-electron chi connectivity index (χ1n) is 8.81. The Morgan fingerprint density at radius 3 is 2.52 bits per heavy atom. The molecule has 3 aromatic rings. The lowest BCUT2D eigenvalue weighted by atomic mass is 10.1. The summed E-state index contributed by atoms with van der Waals surface area (Å²) < 4.78 is 0. The second-order valence-electron chi connectivity index (χ2n) is 6.27. The summed E-state index contributed by atoms with van der Waals surface area (Å²) in [6.07, 6.45) is 4.06. The first-order chi connectivity index (χ1) is 12.3. The Morgan fingerprint density at radius 2 is 1.76 bits per heavy atom. The van der Waals surface area contributed by atoms with Crippen LogP contribution in [0.4, 0.5) is 0 Å². The Morgan fingerprint density at radius 1 is 1.00 bits per heavy atom. The van der Waals surface area contributed by atoms with Gasteiger partial charge in [-0.3, -0.25) is 4.99 Å². The molecule has 0 fully saturated rings. The number of aliphatic imine (C=N–C) groups is 1. The van der Waals surface area contributed by atoms with Gasteiger partial charge in [-0.1, -0.05) is 42.5 Å². The normalized spacial score (nSPS) is 11.7. The van der Waals surface area contributed by atoms with Gasteiger partial charge in [-0.05, 0) is 42.5 Å². The maximum absolute atomic E-state index is 4.30. The van der Waals surface area contributed by atoms with Crippen LogP contribution in [0.3, 0.4) is 0 Å². The molecule has 0 atom stereocenters. The third-order valence-corrected chi connectivity index (χ3v) is 4.38. The number of guanidine groups is 1. The number of aromatic amines is 1. The molecule has 0 unspecified atom stereocenters. The van der Waals surface area contributed by atoms with Crippen molar-refractivity contribution < 1.29 is 0 Å². The van der Waals surface area contributed by atoms with Crippen LogP contribution >= 0.6 is 0 Å². The van der Waals surface area contributed by atoms with Crippen molar-refractivity contribution in [1.29, 1.82) is 0 Å². The molecule has 1 heterocycles. The standard InChI is InChI=1S/C21H26N4/c1-16-8-9-19-18(15-25-20(19)14-16)11-13-24-21(22-2)23-12-10-17-6-4-3-5-7-17/h3-9,14-15,25H,10-13H2,1-2H3,(H2,22,23,24). The number of rotatable bonds is 6. The fourth-order valence-corrected chi connectivity index (χ4v) is 3.01. The minimum Gasteiger partial charge on any atom is -0.361 e. The van der Waals surface area contributed by atoms with Crippen LogP contribution in [-0.2, 0) is 12.8 Å². The van der Waals surface area contributed by atoms with Gasteiger partial charge >= 0.3 is 0 Å². The highest BCUT2D eigenvalue weighted by Gasteiger charge is 2.04. The van der Waals surface area contributed by atoms with Crippen molar-refractivity contribution in [2.45, 2.75) is 19.8 Å². The van der Waals surface area contributed by atoms with Gasteiger partial charge in [-0.15, -0.1) is 0 Å². The van der Waals surface area contributed by atoms with Gasteiger partial charge in [0, 0.05) is 37.2 Å². The number of benzene rings is 2. The largest absolute Gasteiger partial charge is 0.361 e. The van der Waals surface area contributed by atoms with Crippen LogP contribution in [0.1, 0.15) is 16.7 Å². The van der Waals surface area contributed by atoms with Crippen molar-refractivity contribution in [3.63, 3.8) is 0 Å². The van der Waals surface area contributed by atoms with Crippen LogP contribution in [0.2, 0.25) is 0 Å². The lowest BCUT2D eigenvalue weighted by Gasteiger charge is -2.11. The Kier molecular flexibility index (Phi) is 5.73. The van der Waals surface area contributed by atoms with Crippen LogP contribution in [0.25, 0.3) is 10.9 Å². The van der Waals surface area contributed by atoms with Gasteiger partial charge in [0.25, 0.3) is 0 Å². The number of H-pyrrole nitrogens is 1. The average molecular weight is 334 g/mol. The molecule has 0 bridgehead atoms. The van der Waals surface area contributed by atoms with Gasteiger partial charge in [-0.2, -0.15) is 0 Å². The van der Waals surface area contributed by atoms with Crippen LogP contribution in [-0.4, -0.2) is 31.1 Å². The second kappa shape index (κ2) is 8.38. The molecule has 0 amide bonds. The maximum atomic E-state index is 4.30. The molecule has 1 aromatic heterocycles. The van der Waals surface area contributed by atoms with Crippen molar-refractivity contribution in [2.75, 3.05) is 20.1 Å². The van der Waals surface area contributed by atoms with Gasteiger partial charge in [0.15, 0.2) is 5.96 Å². The van der Waals surface area contributed by atoms with Crippen molar-refractivity contribution in [1.82, 2.24) is 15.6 Å². The fourth-order valence-electron chi connectivity index (χ4n) is 3.01. The van der Waals surface area contributed by atoms with E-state index >= 15 is 0 Å². The van der Waals surface area contributed by atoms with E-state index in [2.05, 4.69) is 76.2 Å². The van der Waals surface area contributed by atoms with Gasteiger partial charge in [0.2, 0.25) is 0 Å². The number of hydrogen-bond acceptors (Lipinski definition) is 1. The van der Waals surface area contributed by atoms with E-state index in [9.17, 15) is 0 Å². The third-order valence-electron chi connectivity index (χ3n) is 4.38. The summed E-state index contributed by atoms with van der Waals surface area (Å²) in [5.41, 5.74) is 5.16. The minimum absolute atomic E-state index is 0.853. The van der Waals surface area contributed by atoms with E-state index in [1.165, 1.54) is 27.6 Å². The number of nitrogens with zero attached hydrogens (tertiary/aromatic N) is 1. The molecule has 25 heavy (non-hydrogen) atoms. The van der Waals surface area contributed by atoms with Crippen LogP contribution in [0.5, 0.6) is 0 Å². The summed E-state index contributed by atoms with van der Waals surface area (Å²) in [4.78, 5) is 7.66. The summed E-state index contributed by atoms with van der Waals surface area (Å²) in [7, 11) is 1.81. The molecule has 0 aliphatic heterocycles. The van der Waals surface area contributed by atoms with Crippen molar-refractivity contribution in [3.05, 3.63) is 71.4 Å². The fraction of sp³-hybridized carbons (Fsp3) is 0.286. The van der Waals surface area contributed by atoms with E-state index in [1.807, 2.05) is 13.1 Å². The summed E-state index contributed by atoms with van der Waals surface area (Å²) in [6.45, 7) is 3.84. The Labute approximate surface area is 149 Å². The van der Waals surface area contributed by atoms with Crippen LogP contribution < -0.4 is 10.6 Å². The van der Waals surface area contributed by atoms with E-state index in [1.54, 1.807) is 0 Å². The molecule has 130 valence electrons. The van der Waals surface area contributed by atoms with Gasteiger partial charge < -0.3 is 15.6 Å². The summed E-state index contributed by atoms with van der Waals surface area (Å²) in [6, 6.07) is 17.0. The molecule has 0 saturated heterocycles. The van der Waals surface area contributed by atoms with Crippen LogP contribution in [0.15, 0.2) is 59.7 Å². The summed E-state index contributed by atoms with van der Waals surface area (Å²) >= 11 is 0. The highest BCUT2D eigenvalue weighted by molar-refractivity contribution is 5.84. The molecule has 0 spiro atoms. The second-order valence-corrected chi connectivity index (χ2v) is 6.27. The van der Waals surface area contributed by atoms with Crippen molar-refractivity contribution >= 4 is 16.9 Å². The molecule has 4 nitrogen and oxygen atoms in total. The number of nitrogens with one attached hydrogen (secondary N) is 3. The molecule has 0 aliphatic rings. The Hall–Kier alpha value is -2.75. The average Bonchev–Trinajstić information content (AvgIpc) is 3.03. The number of hydrogen-bond donors (Lipinski definition) is 3. The predicted octanol–water partition coefficient (Wildman–Crippen LogP) is 3.43. The van der Waals surface area contributed by atoms with Crippen LogP contribution in [0, 0.1) is 6.92 Å². The smallest absolute Gasteiger partial charge is 0.190 e. The lowest BCUT2D eigenvalue weighted by molar-refractivity contribution is 0.785. The zero-order valence-electron chi connectivity index (χ0n) is 15.0. The minimum atomic E-state index is 0.853. The molecule has 0 saturated carbocycles. The molecule has 0 aliphatic carbocycles. The van der Waals surface area contributed by atoms with Gasteiger partial charge in [0.1, 0.15) is 0 Å². The summed E-state index contributed by atoms with van der Waals surface area (Å²) in [5.74, 6) is 0.853. The first kappa shape index (κ1) is 17.1. The molecule has 2 aromatic carbocycles. The van der Waals surface area contributed by atoms with E-state index in [-0.39, 0.29) is 0 Å². The molecule has 0 radical (unpaired) electrons. The van der Waals surface area contributed by atoms with E-state index < -0.39 is 0 Å². The molecule has 4 heteroatoms. The van der Waals surface area contributed by atoms with E-state index in [4.69, 9.17) is 0 Å². The van der Waals surface area contributed by atoms with Gasteiger partial charge in [0.05, 0.1) is 0 Å². The number of aryl methyl sites for hydroxylation is 1. The topological polar surface area (TPSA) is 52.2 Å². The molecule has 3 N–H and O–H groups in total. The van der Waals surface area contributed by atoms with Crippen molar-refractivity contribution in [3.8, 4) is 0 Å². The monoisotopic (exact) mass is 334 g/mol. The third kappa shape index (κ3) is 4.63. The molecule has 3 rings (SSSR count). The maximum Gasteiger partial charge on any atom is 0.190 e. The van der Waals surface area contributed by atoms with Gasteiger partial charge in [-0.25, -0.2) is 0 Å². The first-order valence-corrected chi connectivity index (χ1v) is 8.81. The predicted molar refractivity (Wildman–Crippen MR) is 106 cm³/mol. The zero-order chi connectivity index (χ0) is 17.5. The number of fused-ring (bicyclic) bond motifs is 1. The Bertz CT molecular complexity index is 833. The quantitative estimate of drug-likeness (QED) is 0.478. The zero-order valence-corrected chi connectivity index (χ0v) is 15.0. The number of aromatic nitrogens is 1. The highest BCUT2D eigenvalue weighted by Crippen LogP contribution is 2.19. The van der Waals surface area contributed by atoms with Crippen molar-refractivity contribution in [2.24, 2.45) is 4.99 Å². The SMILES string of the molecule is CN=C(NCCc1ccccc1)NCCc1c[nH]c2cc(C)ccc12. The summed E-state index contributed by atoms with van der Waals surface area (Å²) in [5, 5.41) is 8.07. The molecular formula is C21H26N4. The van der Waals surface area contributed by atoms with E-state index in [0.29, 0.717) is 0 Å². The lowest BCUT2D eigenvalue weighted by Crippen LogP contribution is -2.39. The Balaban J connectivity index is 1.46. The molecular weight excluding hydrogens is 308 g/mol. The van der Waals surface area contributed by atoms with E-state index in [0.717, 1.165) is 31.9 Å². The highest BCUT2D eigenvalue weighted by atomic mass is 15.2.